The Kier molecular flexibility index (Phi) is 4.07. The van der Waals surface area contributed by atoms with E-state index < -0.39 is 0 Å². The molecule has 0 aliphatic rings. The molecule has 2 nitrogen and oxygen atoms in total. The molecule has 0 aliphatic heterocycles. The minimum atomic E-state index is 0.942. The van der Waals surface area contributed by atoms with E-state index in [2.05, 4.69) is 56.7 Å². The van der Waals surface area contributed by atoms with Crippen molar-refractivity contribution in [1.29, 1.82) is 0 Å². The van der Waals surface area contributed by atoms with Crippen molar-refractivity contribution in [2.24, 2.45) is 0 Å². The third kappa shape index (κ3) is 2.68. The zero-order chi connectivity index (χ0) is 11.4. The number of nitrogens with zero attached hydrogens (tertiary/aromatic N) is 2. The second-order valence-electron chi connectivity index (χ2n) is 3.38. The fraction of sp³-hybridized carbons (Fsp3) is 0.250. The van der Waals surface area contributed by atoms with Gasteiger partial charge in [0, 0.05) is 12.3 Å². The van der Waals surface area contributed by atoms with E-state index >= 15 is 0 Å². The van der Waals surface area contributed by atoms with Crippen LogP contribution in [0.25, 0.3) is 0 Å². The molecule has 0 aliphatic carbocycles. The molecule has 0 saturated heterocycles. The molecule has 84 valence electrons. The van der Waals surface area contributed by atoms with Gasteiger partial charge in [-0.2, -0.15) is 0 Å². The summed E-state index contributed by atoms with van der Waals surface area (Å²) in [6.45, 7) is 3.07. The topological polar surface area (TPSA) is 17.8 Å². The molecule has 1 heterocycles. The predicted molar refractivity (Wildman–Crippen MR) is 71.6 cm³/mol. The highest BCUT2D eigenvalue weighted by molar-refractivity contribution is 9.10. The van der Waals surface area contributed by atoms with Gasteiger partial charge in [0.1, 0.15) is 4.60 Å². The third-order valence-electron chi connectivity index (χ3n) is 2.30. The van der Waals surface area contributed by atoms with Gasteiger partial charge in [-0.3, -0.25) is 0 Å². The smallest absolute Gasteiger partial charge is 0.169 e. The van der Waals surface area contributed by atoms with Gasteiger partial charge in [-0.15, -0.1) is 0 Å². The van der Waals surface area contributed by atoms with Crippen molar-refractivity contribution in [2.45, 2.75) is 24.4 Å². The number of aromatic nitrogens is 2. The molecule has 0 fully saturated rings. The van der Waals surface area contributed by atoms with E-state index in [-0.39, 0.29) is 0 Å². The minimum Gasteiger partial charge on any atom is -0.314 e. The Labute approximate surface area is 108 Å². The molecule has 0 spiro atoms. The molecule has 0 atom stereocenters. The molecule has 0 bridgehead atoms. The van der Waals surface area contributed by atoms with E-state index in [1.54, 1.807) is 11.8 Å². The summed E-state index contributed by atoms with van der Waals surface area (Å²) in [6, 6.07) is 10.5. The zero-order valence-corrected chi connectivity index (χ0v) is 11.5. The van der Waals surface area contributed by atoms with Gasteiger partial charge in [0.2, 0.25) is 0 Å². The average Bonchev–Trinajstić information content (AvgIpc) is 2.68. The number of hydrogen-bond donors (Lipinski definition) is 0. The van der Waals surface area contributed by atoms with E-state index in [4.69, 9.17) is 0 Å². The molecule has 2 aromatic rings. The van der Waals surface area contributed by atoms with Gasteiger partial charge in [0.25, 0.3) is 0 Å². The molecule has 1 aromatic heterocycles. The average molecular weight is 297 g/mol. The maximum absolute atomic E-state index is 4.38. The first-order valence-corrected chi connectivity index (χ1v) is 6.97. The zero-order valence-electron chi connectivity index (χ0n) is 9.06. The number of rotatable bonds is 4. The van der Waals surface area contributed by atoms with Gasteiger partial charge in [0.05, 0.1) is 6.20 Å². The Morgan fingerprint density at radius 2 is 2.06 bits per heavy atom. The van der Waals surface area contributed by atoms with Crippen molar-refractivity contribution >= 4 is 27.7 Å². The second-order valence-corrected chi connectivity index (χ2v) is 5.14. The molecule has 16 heavy (non-hydrogen) atoms. The Balaban J connectivity index is 2.05. The summed E-state index contributed by atoms with van der Waals surface area (Å²) >= 11 is 5.26. The first-order valence-electron chi connectivity index (χ1n) is 5.19. The van der Waals surface area contributed by atoms with Crippen LogP contribution in [0.5, 0.6) is 0 Å². The first kappa shape index (κ1) is 11.7. The van der Waals surface area contributed by atoms with E-state index in [0.717, 1.165) is 22.1 Å². The van der Waals surface area contributed by atoms with Gasteiger partial charge >= 0.3 is 0 Å². The molecule has 0 saturated carbocycles. The lowest BCUT2D eigenvalue weighted by Gasteiger charge is -2.05. The highest BCUT2D eigenvalue weighted by Crippen LogP contribution is 2.24. The number of benzene rings is 1. The number of imidazole rings is 1. The van der Waals surface area contributed by atoms with E-state index in [1.165, 1.54) is 5.56 Å². The summed E-state index contributed by atoms with van der Waals surface area (Å²) < 4.78 is 3.21. The molecule has 0 amide bonds. The summed E-state index contributed by atoms with van der Waals surface area (Å²) in [5.41, 5.74) is 1.33. The standard InChI is InChI=1S/C12H13BrN2S/c1-2-15-11(13)8-14-12(15)16-9-10-6-4-3-5-7-10/h3-8H,2,9H2,1H3. The van der Waals surface area contributed by atoms with Crippen LogP contribution in [-0.4, -0.2) is 9.55 Å². The van der Waals surface area contributed by atoms with Crippen LogP contribution < -0.4 is 0 Å². The molecular formula is C12H13BrN2S. The van der Waals surface area contributed by atoms with Crippen molar-refractivity contribution in [3.63, 3.8) is 0 Å². The molecule has 1 aromatic carbocycles. The normalized spacial score (nSPS) is 10.6. The van der Waals surface area contributed by atoms with Crippen molar-refractivity contribution in [2.75, 3.05) is 0 Å². The number of hydrogen-bond acceptors (Lipinski definition) is 2. The summed E-state index contributed by atoms with van der Waals surface area (Å²) in [4.78, 5) is 4.38. The monoisotopic (exact) mass is 296 g/mol. The Bertz CT molecular complexity index is 453. The highest BCUT2D eigenvalue weighted by atomic mass is 79.9. The van der Waals surface area contributed by atoms with Crippen molar-refractivity contribution < 1.29 is 0 Å². The first-order chi connectivity index (χ1) is 7.81. The van der Waals surface area contributed by atoms with Crippen LogP contribution >= 0.6 is 27.7 Å². The van der Waals surface area contributed by atoms with Crippen LogP contribution in [-0.2, 0) is 12.3 Å². The van der Waals surface area contributed by atoms with E-state index in [1.807, 2.05) is 12.3 Å². The Morgan fingerprint density at radius 1 is 1.31 bits per heavy atom. The fourth-order valence-electron chi connectivity index (χ4n) is 1.46. The van der Waals surface area contributed by atoms with Gasteiger partial charge in [0.15, 0.2) is 5.16 Å². The van der Waals surface area contributed by atoms with Gasteiger partial charge in [-0.25, -0.2) is 4.98 Å². The van der Waals surface area contributed by atoms with Crippen LogP contribution in [0.2, 0.25) is 0 Å². The van der Waals surface area contributed by atoms with E-state index in [9.17, 15) is 0 Å². The molecule has 4 heteroatoms. The van der Waals surface area contributed by atoms with Crippen LogP contribution in [0.1, 0.15) is 12.5 Å². The number of thioether (sulfide) groups is 1. The molecular weight excluding hydrogens is 284 g/mol. The van der Waals surface area contributed by atoms with Crippen LogP contribution in [0.3, 0.4) is 0 Å². The number of halogens is 1. The largest absolute Gasteiger partial charge is 0.314 e. The highest BCUT2D eigenvalue weighted by Gasteiger charge is 2.06. The van der Waals surface area contributed by atoms with Gasteiger partial charge in [-0.05, 0) is 28.4 Å². The predicted octanol–water partition coefficient (Wildman–Crippen LogP) is 3.96. The maximum Gasteiger partial charge on any atom is 0.169 e. The summed E-state index contributed by atoms with van der Waals surface area (Å²) in [5.74, 6) is 0.963. The summed E-state index contributed by atoms with van der Waals surface area (Å²) in [5, 5.41) is 1.07. The molecule has 0 unspecified atom stereocenters. The second kappa shape index (κ2) is 5.55. The fourth-order valence-corrected chi connectivity index (χ4v) is 3.10. The molecule has 2 rings (SSSR count). The van der Waals surface area contributed by atoms with Crippen LogP contribution in [0.15, 0.2) is 46.3 Å². The molecule has 0 radical (unpaired) electrons. The van der Waals surface area contributed by atoms with Crippen LogP contribution in [0, 0.1) is 0 Å². The third-order valence-corrected chi connectivity index (χ3v) is 3.99. The summed E-state index contributed by atoms with van der Waals surface area (Å²) in [7, 11) is 0. The van der Waals surface area contributed by atoms with E-state index in [0.29, 0.717) is 0 Å². The van der Waals surface area contributed by atoms with Crippen molar-refractivity contribution in [3.8, 4) is 0 Å². The minimum absolute atomic E-state index is 0.942. The lowest BCUT2D eigenvalue weighted by molar-refractivity contribution is 0.668. The van der Waals surface area contributed by atoms with Crippen molar-refractivity contribution in [3.05, 3.63) is 46.7 Å². The molecule has 0 N–H and O–H groups in total. The van der Waals surface area contributed by atoms with Gasteiger partial charge in [-0.1, -0.05) is 42.1 Å². The quantitative estimate of drug-likeness (QED) is 0.795. The summed E-state index contributed by atoms with van der Waals surface area (Å²) in [6.07, 6.45) is 1.86. The SMILES string of the molecule is CCn1c(Br)cnc1SCc1ccccc1. The Hall–Kier alpha value is -0.740. The van der Waals surface area contributed by atoms with Crippen LogP contribution in [0.4, 0.5) is 0 Å². The Morgan fingerprint density at radius 3 is 2.75 bits per heavy atom. The lowest BCUT2D eigenvalue weighted by Crippen LogP contribution is -1.96. The lowest BCUT2D eigenvalue weighted by atomic mass is 10.2. The van der Waals surface area contributed by atoms with Crippen molar-refractivity contribution in [1.82, 2.24) is 9.55 Å². The van der Waals surface area contributed by atoms with Gasteiger partial charge < -0.3 is 4.57 Å². The maximum atomic E-state index is 4.38.